The van der Waals surface area contributed by atoms with E-state index in [1.807, 2.05) is 13.8 Å². The van der Waals surface area contributed by atoms with Crippen molar-refractivity contribution in [2.75, 3.05) is 6.26 Å². The third-order valence-corrected chi connectivity index (χ3v) is 3.35. The molecular weight excluding hydrogens is 199 g/mol. The second-order valence-electron chi connectivity index (χ2n) is 3.82. The summed E-state index contributed by atoms with van der Waals surface area (Å²) in [6.07, 6.45) is 1.47. The van der Waals surface area contributed by atoms with Gasteiger partial charge in [-0.3, -0.25) is 4.21 Å². The molecule has 0 saturated carbocycles. The van der Waals surface area contributed by atoms with Gasteiger partial charge < -0.3 is 0 Å². The molecule has 0 aliphatic rings. The van der Waals surface area contributed by atoms with Gasteiger partial charge in [-0.1, -0.05) is 26.0 Å². The molecule has 1 aromatic carbocycles. The fourth-order valence-electron chi connectivity index (χ4n) is 1.44. The van der Waals surface area contributed by atoms with E-state index in [2.05, 4.69) is 5.87 Å². The summed E-state index contributed by atoms with van der Waals surface area (Å²) in [6, 6.07) is 4.77. The number of halogens is 1. The zero-order valence-electron chi connectivity index (χ0n) is 8.71. The average molecular weight is 214 g/mol. The predicted molar refractivity (Wildman–Crippen MR) is 59.9 cm³/mol. The maximum atomic E-state index is 13.5. The van der Waals surface area contributed by atoms with Crippen molar-refractivity contribution >= 4 is 15.4 Å². The van der Waals surface area contributed by atoms with E-state index < -0.39 is 15.3 Å². The Kier molecular flexibility index (Phi) is 3.00. The highest BCUT2D eigenvalue weighted by Crippen LogP contribution is 2.25. The molecule has 0 aromatic heterocycles. The fraction of sp³-hybridized carbons (Fsp3) is 0.364. The monoisotopic (exact) mass is 214 g/mol. The van der Waals surface area contributed by atoms with E-state index in [1.54, 1.807) is 12.1 Å². The molecule has 1 atom stereocenters. The van der Waals surface area contributed by atoms with Crippen molar-refractivity contribution in [3.63, 3.8) is 0 Å². The molecule has 0 fully saturated rings. The van der Waals surface area contributed by atoms with Crippen LogP contribution in [0.2, 0.25) is 0 Å². The third kappa shape index (κ3) is 2.15. The summed E-state index contributed by atoms with van der Waals surface area (Å²) in [6.45, 7) is 3.90. The summed E-state index contributed by atoms with van der Waals surface area (Å²) in [5.74, 6) is 3.27. The van der Waals surface area contributed by atoms with Crippen LogP contribution in [0.15, 0.2) is 23.1 Å². The molecule has 0 N–H and O–H groups in total. The van der Waals surface area contributed by atoms with Crippen LogP contribution in [0.5, 0.6) is 0 Å². The Balaban J connectivity index is 3.54. The first-order chi connectivity index (χ1) is 6.34. The molecule has 0 aliphatic carbocycles. The van der Waals surface area contributed by atoms with Gasteiger partial charge in [-0.25, -0.2) is 4.39 Å². The number of hydrogen-bond acceptors (Lipinski definition) is 1. The normalized spacial score (nSPS) is 15.5. The van der Waals surface area contributed by atoms with Crippen LogP contribution in [-0.4, -0.2) is 16.3 Å². The van der Waals surface area contributed by atoms with Gasteiger partial charge in [-0.05, 0) is 32.9 Å². The Morgan fingerprint density at radius 1 is 1.43 bits per heavy atom. The van der Waals surface area contributed by atoms with Crippen molar-refractivity contribution < 1.29 is 8.60 Å². The number of rotatable bonds is 2. The maximum absolute atomic E-state index is 13.5. The molecule has 0 radical (unpaired) electrons. The van der Waals surface area contributed by atoms with Crippen molar-refractivity contribution in [2.24, 2.45) is 0 Å². The van der Waals surface area contributed by atoms with Crippen molar-refractivity contribution in [2.45, 2.75) is 24.7 Å². The highest BCUT2D eigenvalue weighted by Gasteiger charge is 2.15. The highest BCUT2D eigenvalue weighted by molar-refractivity contribution is 7.99. The molecule has 78 valence electrons. The standard InChI is InChI=1S/C11H15FOS/c1-8(2)9-6-5-7-10(12)11(9)14(3,4)13/h5-8H,3H2,1-2,4H3. The predicted octanol–water partition coefficient (Wildman–Crippen LogP) is 2.65. The van der Waals surface area contributed by atoms with Gasteiger partial charge in [0, 0.05) is 6.26 Å². The van der Waals surface area contributed by atoms with E-state index in [1.165, 1.54) is 12.3 Å². The van der Waals surface area contributed by atoms with E-state index in [4.69, 9.17) is 0 Å². The summed E-state index contributed by atoms with van der Waals surface area (Å²) < 4.78 is 25.3. The lowest BCUT2D eigenvalue weighted by Crippen LogP contribution is -2.06. The van der Waals surface area contributed by atoms with Gasteiger partial charge >= 0.3 is 0 Å². The Bertz CT molecular complexity index is 433. The minimum absolute atomic E-state index is 0.156. The molecular formula is C11H15FOS. The van der Waals surface area contributed by atoms with Crippen molar-refractivity contribution in [1.82, 2.24) is 0 Å². The van der Waals surface area contributed by atoms with Crippen LogP contribution in [0.1, 0.15) is 25.3 Å². The first-order valence-electron chi connectivity index (χ1n) is 4.44. The van der Waals surface area contributed by atoms with Gasteiger partial charge in [-0.2, -0.15) is 0 Å². The minimum Gasteiger partial charge on any atom is -0.263 e. The molecule has 0 bridgehead atoms. The average Bonchev–Trinajstić information content (AvgIpc) is 2.01. The van der Waals surface area contributed by atoms with Crippen molar-refractivity contribution in [3.05, 3.63) is 29.6 Å². The quantitative estimate of drug-likeness (QED) is 0.692. The lowest BCUT2D eigenvalue weighted by atomic mass is 10.0. The molecule has 0 spiro atoms. The second-order valence-corrected chi connectivity index (χ2v) is 6.24. The Morgan fingerprint density at radius 2 is 2.00 bits per heavy atom. The molecule has 0 heterocycles. The van der Waals surface area contributed by atoms with Crippen LogP contribution in [-0.2, 0) is 9.52 Å². The zero-order valence-corrected chi connectivity index (χ0v) is 9.53. The minimum atomic E-state index is -2.48. The SMILES string of the molecule is C=S(C)(=O)c1c(F)cccc1C(C)C. The Hall–Kier alpha value is -0.830. The van der Waals surface area contributed by atoms with Gasteiger partial charge in [0.25, 0.3) is 0 Å². The topological polar surface area (TPSA) is 17.1 Å². The largest absolute Gasteiger partial charge is 0.263 e. The van der Waals surface area contributed by atoms with E-state index in [-0.39, 0.29) is 10.8 Å². The molecule has 1 aromatic rings. The lowest BCUT2D eigenvalue weighted by molar-refractivity contribution is 0.586. The highest BCUT2D eigenvalue weighted by atomic mass is 32.2. The lowest BCUT2D eigenvalue weighted by Gasteiger charge is -2.14. The molecule has 1 nitrogen and oxygen atoms in total. The van der Waals surface area contributed by atoms with E-state index in [0.29, 0.717) is 0 Å². The molecule has 14 heavy (non-hydrogen) atoms. The van der Waals surface area contributed by atoms with Gasteiger partial charge in [0.05, 0.1) is 4.90 Å². The Labute approximate surface area is 85.0 Å². The molecule has 1 rings (SSSR count). The van der Waals surface area contributed by atoms with Crippen LogP contribution in [0.25, 0.3) is 0 Å². The smallest absolute Gasteiger partial charge is 0.138 e. The summed E-state index contributed by atoms with van der Waals surface area (Å²) in [4.78, 5) is 0.273. The number of hydrogen-bond donors (Lipinski definition) is 0. The van der Waals surface area contributed by atoms with Gasteiger partial charge in [0.2, 0.25) is 0 Å². The van der Waals surface area contributed by atoms with Crippen molar-refractivity contribution in [1.29, 1.82) is 0 Å². The summed E-state index contributed by atoms with van der Waals surface area (Å²) in [7, 11) is -2.48. The van der Waals surface area contributed by atoms with Crippen LogP contribution >= 0.6 is 0 Å². The zero-order chi connectivity index (χ0) is 10.9. The van der Waals surface area contributed by atoms with Crippen LogP contribution in [0.3, 0.4) is 0 Å². The summed E-state index contributed by atoms with van der Waals surface area (Å²) >= 11 is 0. The van der Waals surface area contributed by atoms with Gasteiger partial charge in [0.1, 0.15) is 5.82 Å². The van der Waals surface area contributed by atoms with Crippen LogP contribution in [0.4, 0.5) is 4.39 Å². The van der Waals surface area contributed by atoms with E-state index in [0.717, 1.165) is 5.56 Å². The fourth-order valence-corrected chi connectivity index (χ4v) is 2.72. The van der Waals surface area contributed by atoms with Crippen LogP contribution in [0, 0.1) is 5.82 Å². The van der Waals surface area contributed by atoms with Gasteiger partial charge in [-0.15, -0.1) is 0 Å². The summed E-state index contributed by atoms with van der Waals surface area (Å²) in [5.41, 5.74) is 0.785. The number of benzene rings is 1. The Morgan fingerprint density at radius 3 is 2.36 bits per heavy atom. The van der Waals surface area contributed by atoms with Gasteiger partial charge in [0.15, 0.2) is 0 Å². The molecule has 0 saturated heterocycles. The molecule has 0 aliphatic heterocycles. The maximum Gasteiger partial charge on any atom is 0.138 e. The summed E-state index contributed by atoms with van der Waals surface area (Å²) in [5, 5.41) is 0. The first-order valence-corrected chi connectivity index (χ1v) is 6.58. The molecule has 1 unspecified atom stereocenters. The van der Waals surface area contributed by atoms with E-state index in [9.17, 15) is 8.60 Å². The van der Waals surface area contributed by atoms with E-state index >= 15 is 0 Å². The third-order valence-electron chi connectivity index (χ3n) is 2.05. The molecule has 0 amide bonds. The van der Waals surface area contributed by atoms with Crippen LogP contribution < -0.4 is 0 Å². The first kappa shape index (κ1) is 11.2. The van der Waals surface area contributed by atoms with Crippen molar-refractivity contribution in [3.8, 4) is 0 Å². The molecule has 3 heteroatoms. The second kappa shape index (κ2) is 3.73.